The highest BCUT2D eigenvalue weighted by Crippen LogP contribution is 2.22. The third-order valence-corrected chi connectivity index (χ3v) is 4.18. The van der Waals surface area contributed by atoms with Crippen molar-refractivity contribution in [3.8, 4) is 0 Å². The lowest BCUT2D eigenvalue weighted by Gasteiger charge is -2.29. The van der Waals surface area contributed by atoms with Gasteiger partial charge in [0.25, 0.3) is 0 Å². The molecule has 1 aliphatic heterocycles. The van der Waals surface area contributed by atoms with Gasteiger partial charge >= 0.3 is 0 Å². The Morgan fingerprint density at radius 2 is 1.94 bits per heavy atom. The van der Waals surface area contributed by atoms with E-state index in [1.165, 1.54) is 32.5 Å². The maximum Gasteiger partial charge on any atom is 0.00925 e. The Hall–Kier alpha value is -0.0800. The normalized spacial score (nSPS) is 26.2. The fourth-order valence-electron chi connectivity index (χ4n) is 2.50. The molecule has 96 valence electrons. The Bertz CT molecular complexity index is 191. The zero-order chi connectivity index (χ0) is 12.1. The van der Waals surface area contributed by atoms with Crippen molar-refractivity contribution >= 4 is 0 Å². The maximum atomic E-state index is 3.56. The second-order valence-corrected chi connectivity index (χ2v) is 5.84. The fourth-order valence-corrected chi connectivity index (χ4v) is 2.50. The molecule has 0 aromatic carbocycles. The van der Waals surface area contributed by atoms with Crippen LogP contribution in [0, 0.1) is 11.8 Å². The van der Waals surface area contributed by atoms with Crippen LogP contribution in [-0.4, -0.2) is 36.6 Å². The van der Waals surface area contributed by atoms with Crippen LogP contribution in [0.3, 0.4) is 0 Å². The third kappa shape index (κ3) is 4.06. The van der Waals surface area contributed by atoms with Gasteiger partial charge in [0, 0.05) is 18.6 Å². The predicted molar refractivity (Wildman–Crippen MR) is 71.7 cm³/mol. The van der Waals surface area contributed by atoms with E-state index in [0.29, 0.717) is 6.04 Å². The standard InChI is InChI=1S/C14H30N2/c1-6-12(4)13(5)16-8-7-14(10-16)9-15-11(2)3/h11-15H,6-10H2,1-5H3. The summed E-state index contributed by atoms with van der Waals surface area (Å²) in [6.07, 6.45) is 2.67. The van der Waals surface area contributed by atoms with E-state index in [-0.39, 0.29) is 0 Å². The molecule has 1 heterocycles. The second-order valence-electron chi connectivity index (χ2n) is 5.84. The number of hydrogen-bond acceptors (Lipinski definition) is 2. The molecule has 16 heavy (non-hydrogen) atoms. The molecule has 2 heteroatoms. The summed E-state index contributed by atoms with van der Waals surface area (Å²) in [5.74, 6) is 1.70. The van der Waals surface area contributed by atoms with Crippen molar-refractivity contribution < 1.29 is 0 Å². The van der Waals surface area contributed by atoms with Gasteiger partial charge in [0.15, 0.2) is 0 Å². The Labute approximate surface area is 102 Å². The van der Waals surface area contributed by atoms with Gasteiger partial charge in [0.1, 0.15) is 0 Å². The molecule has 0 bridgehead atoms. The molecule has 1 N–H and O–H groups in total. The Morgan fingerprint density at radius 3 is 2.50 bits per heavy atom. The number of rotatable bonds is 6. The topological polar surface area (TPSA) is 15.3 Å². The van der Waals surface area contributed by atoms with E-state index < -0.39 is 0 Å². The average Bonchev–Trinajstić information content (AvgIpc) is 2.72. The lowest BCUT2D eigenvalue weighted by molar-refractivity contribution is 0.188. The molecule has 0 saturated carbocycles. The van der Waals surface area contributed by atoms with Crippen LogP contribution in [0.2, 0.25) is 0 Å². The van der Waals surface area contributed by atoms with Crippen molar-refractivity contribution in [1.29, 1.82) is 0 Å². The van der Waals surface area contributed by atoms with Crippen LogP contribution >= 0.6 is 0 Å². The summed E-state index contributed by atoms with van der Waals surface area (Å²) in [5.41, 5.74) is 0. The molecule has 0 aliphatic carbocycles. The van der Waals surface area contributed by atoms with E-state index in [0.717, 1.165) is 17.9 Å². The zero-order valence-corrected chi connectivity index (χ0v) is 11.8. The number of hydrogen-bond donors (Lipinski definition) is 1. The largest absolute Gasteiger partial charge is 0.314 e. The predicted octanol–water partition coefficient (Wildman–Crippen LogP) is 2.74. The van der Waals surface area contributed by atoms with Gasteiger partial charge in [0.2, 0.25) is 0 Å². The quantitative estimate of drug-likeness (QED) is 0.749. The molecule has 1 saturated heterocycles. The first kappa shape index (κ1) is 14.0. The summed E-state index contributed by atoms with van der Waals surface area (Å²) in [7, 11) is 0. The molecule has 0 radical (unpaired) electrons. The molecular weight excluding hydrogens is 196 g/mol. The van der Waals surface area contributed by atoms with Crippen molar-refractivity contribution in [2.24, 2.45) is 11.8 Å². The van der Waals surface area contributed by atoms with Crippen molar-refractivity contribution in [2.75, 3.05) is 19.6 Å². The van der Waals surface area contributed by atoms with E-state index in [2.05, 4.69) is 44.8 Å². The highest BCUT2D eigenvalue weighted by molar-refractivity contribution is 4.82. The average molecular weight is 226 g/mol. The molecule has 0 spiro atoms. The maximum absolute atomic E-state index is 3.56. The molecule has 0 aromatic heterocycles. The summed E-state index contributed by atoms with van der Waals surface area (Å²) in [4.78, 5) is 2.68. The molecule has 3 unspecified atom stereocenters. The summed E-state index contributed by atoms with van der Waals surface area (Å²) >= 11 is 0. The lowest BCUT2D eigenvalue weighted by Crippen LogP contribution is -2.37. The van der Waals surface area contributed by atoms with Crippen molar-refractivity contribution in [3.05, 3.63) is 0 Å². The van der Waals surface area contributed by atoms with Crippen molar-refractivity contribution in [1.82, 2.24) is 10.2 Å². The van der Waals surface area contributed by atoms with Crippen LogP contribution in [-0.2, 0) is 0 Å². The lowest BCUT2D eigenvalue weighted by atomic mass is 10.00. The minimum atomic E-state index is 0.626. The monoisotopic (exact) mass is 226 g/mol. The molecule has 3 atom stereocenters. The molecule has 0 amide bonds. The van der Waals surface area contributed by atoms with Gasteiger partial charge in [-0.2, -0.15) is 0 Å². The molecule has 0 aromatic rings. The van der Waals surface area contributed by atoms with Gasteiger partial charge in [-0.15, -0.1) is 0 Å². The first-order valence-electron chi connectivity index (χ1n) is 7.02. The van der Waals surface area contributed by atoms with Crippen LogP contribution in [0.15, 0.2) is 0 Å². The Balaban J connectivity index is 2.29. The molecular formula is C14H30N2. The molecule has 1 rings (SSSR count). The summed E-state index contributed by atoms with van der Waals surface area (Å²) in [5, 5.41) is 3.56. The van der Waals surface area contributed by atoms with Crippen LogP contribution < -0.4 is 5.32 Å². The van der Waals surface area contributed by atoms with Crippen LogP contribution in [0.25, 0.3) is 0 Å². The number of likely N-dealkylation sites (tertiary alicyclic amines) is 1. The van der Waals surface area contributed by atoms with Crippen molar-refractivity contribution in [2.45, 2.75) is 59.5 Å². The third-order valence-electron chi connectivity index (χ3n) is 4.18. The highest BCUT2D eigenvalue weighted by atomic mass is 15.2. The van der Waals surface area contributed by atoms with E-state index >= 15 is 0 Å². The zero-order valence-electron chi connectivity index (χ0n) is 11.8. The fraction of sp³-hybridized carbons (Fsp3) is 1.00. The molecule has 1 fully saturated rings. The first-order chi connectivity index (χ1) is 7.54. The van der Waals surface area contributed by atoms with Gasteiger partial charge < -0.3 is 10.2 Å². The van der Waals surface area contributed by atoms with Crippen LogP contribution in [0.5, 0.6) is 0 Å². The van der Waals surface area contributed by atoms with E-state index in [9.17, 15) is 0 Å². The minimum absolute atomic E-state index is 0.626. The second kappa shape index (κ2) is 6.61. The van der Waals surface area contributed by atoms with Crippen LogP contribution in [0.1, 0.15) is 47.5 Å². The Kier molecular flexibility index (Phi) is 5.77. The first-order valence-corrected chi connectivity index (χ1v) is 7.02. The summed E-state index contributed by atoms with van der Waals surface area (Å²) in [6, 6.07) is 1.38. The minimum Gasteiger partial charge on any atom is -0.314 e. The Morgan fingerprint density at radius 1 is 1.25 bits per heavy atom. The molecule has 2 nitrogen and oxygen atoms in total. The van der Waals surface area contributed by atoms with Gasteiger partial charge in [-0.05, 0) is 38.3 Å². The van der Waals surface area contributed by atoms with Crippen molar-refractivity contribution in [3.63, 3.8) is 0 Å². The van der Waals surface area contributed by atoms with Gasteiger partial charge in [-0.25, -0.2) is 0 Å². The smallest absolute Gasteiger partial charge is 0.00925 e. The number of nitrogens with one attached hydrogen (secondary N) is 1. The van der Waals surface area contributed by atoms with E-state index in [4.69, 9.17) is 0 Å². The van der Waals surface area contributed by atoms with Crippen LogP contribution in [0.4, 0.5) is 0 Å². The summed E-state index contributed by atoms with van der Waals surface area (Å²) in [6.45, 7) is 15.3. The van der Waals surface area contributed by atoms with E-state index in [1.807, 2.05) is 0 Å². The molecule has 1 aliphatic rings. The summed E-state index contributed by atoms with van der Waals surface area (Å²) < 4.78 is 0. The highest BCUT2D eigenvalue weighted by Gasteiger charge is 2.27. The number of nitrogens with zero attached hydrogens (tertiary/aromatic N) is 1. The van der Waals surface area contributed by atoms with Gasteiger partial charge in [0.05, 0.1) is 0 Å². The van der Waals surface area contributed by atoms with Gasteiger partial charge in [-0.3, -0.25) is 0 Å². The van der Waals surface area contributed by atoms with E-state index in [1.54, 1.807) is 0 Å². The van der Waals surface area contributed by atoms with Gasteiger partial charge in [-0.1, -0.05) is 34.1 Å². The SMILES string of the molecule is CCC(C)C(C)N1CCC(CNC(C)C)C1.